The van der Waals surface area contributed by atoms with Crippen molar-refractivity contribution in [1.29, 1.82) is 0 Å². The van der Waals surface area contributed by atoms with Crippen LogP contribution in [0.25, 0.3) is 0 Å². The number of morpholine rings is 1. The van der Waals surface area contributed by atoms with Crippen molar-refractivity contribution in [2.24, 2.45) is 0 Å². The molecule has 3 heterocycles. The summed E-state index contributed by atoms with van der Waals surface area (Å²) >= 11 is 5.94. The van der Waals surface area contributed by atoms with Gasteiger partial charge in [-0.25, -0.2) is 0 Å². The largest absolute Gasteiger partial charge is 0.452 e. The van der Waals surface area contributed by atoms with E-state index in [-0.39, 0.29) is 17.2 Å². The molecule has 0 bridgehead atoms. The maximum Gasteiger partial charge on any atom is 0.259 e. The molecule has 2 aromatic rings. The van der Waals surface area contributed by atoms with E-state index < -0.39 is 6.04 Å². The summed E-state index contributed by atoms with van der Waals surface area (Å²) in [4.78, 5) is 18.9. The van der Waals surface area contributed by atoms with Crippen LogP contribution in [0.15, 0.2) is 21.3 Å². The van der Waals surface area contributed by atoms with E-state index in [4.69, 9.17) is 25.3 Å². The maximum atomic E-state index is 12.8. The highest BCUT2D eigenvalue weighted by atomic mass is 35.5. The molecule has 0 unspecified atom stereocenters. The topological polar surface area (TPSA) is 81.6 Å². The summed E-state index contributed by atoms with van der Waals surface area (Å²) in [5.41, 5.74) is 0.327. The zero-order valence-electron chi connectivity index (χ0n) is 12.6. The molecular weight excluding hydrogens is 322 g/mol. The molecule has 2 fully saturated rings. The van der Waals surface area contributed by atoms with Crippen molar-refractivity contribution in [1.82, 2.24) is 15.0 Å². The standard InChI is InChI=1S/C15H16ClN3O4/c1-8-11(14-17-13(18-23-14)9-2-3-9)19(5-7-21-8)15(20)10-4-6-22-12(10)16/h4,6,8-9,11H,2-3,5,7H2,1H3/t8-,11+/m1/s1. The van der Waals surface area contributed by atoms with Crippen molar-refractivity contribution < 1.29 is 18.5 Å². The van der Waals surface area contributed by atoms with E-state index in [0.717, 1.165) is 12.8 Å². The second-order valence-electron chi connectivity index (χ2n) is 5.89. The van der Waals surface area contributed by atoms with Gasteiger partial charge in [0.1, 0.15) is 6.04 Å². The monoisotopic (exact) mass is 337 g/mol. The lowest BCUT2D eigenvalue weighted by atomic mass is 10.1. The molecule has 0 radical (unpaired) electrons. The van der Waals surface area contributed by atoms with Gasteiger partial charge in [0.05, 0.1) is 24.5 Å². The van der Waals surface area contributed by atoms with Crippen LogP contribution >= 0.6 is 11.6 Å². The number of hydrogen-bond donors (Lipinski definition) is 0. The summed E-state index contributed by atoms with van der Waals surface area (Å²) < 4.78 is 16.1. The van der Waals surface area contributed by atoms with Gasteiger partial charge in [0.25, 0.3) is 11.8 Å². The van der Waals surface area contributed by atoms with Crippen LogP contribution in [0.3, 0.4) is 0 Å². The third-order valence-corrected chi connectivity index (χ3v) is 4.55. The van der Waals surface area contributed by atoms with Crippen molar-refractivity contribution in [2.75, 3.05) is 13.2 Å². The van der Waals surface area contributed by atoms with Crippen LogP contribution in [-0.4, -0.2) is 40.2 Å². The number of halogens is 1. The normalized spacial score (nSPS) is 24.9. The minimum Gasteiger partial charge on any atom is -0.452 e. The lowest BCUT2D eigenvalue weighted by Gasteiger charge is -2.37. The highest BCUT2D eigenvalue weighted by Gasteiger charge is 2.40. The summed E-state index contributed by atoms with van der Waals surface area (Å²) in [5, 5.41) is 4.12. The zero-order valence-corrected chi connectivity index (χ0v) is 13.3. The number of carbonyl (C=O) groups excluding carboxylic acids is 1. The Labute approximate surface area is 137 Å². The summed E-state index contributed by atoms with van der Waals surface area (Å²) in [6, 6.07) is 1.13. The first kappa shape index (κ1) is 14.7. The Morgan fingerprint density at radius 3 is 2.96 bits per heavy atom. The summed E-state index contributed by atoms with van der Waals surface area (Å²) in [6.07, 6.45) is 3.32. The molecule has 4 rings (SSSR count). The first-order valence-electron chi connectivity index (χ1n) is 7.64. The Morgan fingerprint density at radius 1 is 1.43 bits per heavy atom. The number of ether oxygens (including phenoxy) is 1. The van der Waals surface area contributed by atoms with Gasteiger partial charge in [-0.1, -0.05) is 5.16 Å². The molecule has 1 saturated carbocycles. The summed E-state index contributed by atoms with van der Waals surface area (Å²) in [6.45, 7) is 2.76. The van der Waals surface area contributed by atoms with Crippen molar-refractivity contribution in [3.63, 3.8) is 0 Å². The molecule has 1 saturated heterocycles. The molecule has 1 amide bonds. The minimum atomic E-state index is -0.429. The first-order chi connectivity index (χ1) is 11.1. The van der Waals surface area contributed by atoms with Gasteiger partial charge in [0.2, 0.25) is 5.22 Å². The van der Waals surface area contributed by atoms with E-state index >= 15 is 0 Å². The highest BCUT2D eigenvalue weighted by molar-refractivity contribution is 6.32. The van der Waals surface area contributed by atoms with Crippen molar-refractivity contribution >= 4 is 17.5 Å². The summed E-state index contributed by atoms with van der Waals surface area (Å²) in [7, 11) is 0. The van der Waals surface area contributed by atoms with E-state index in [9.17, 15) is 4.79 Å². The number of furan rings is 1. The average molecular weight is 338 g/mol. The molecule has 2 aromatic heterocycles. The van der Waals surface area contributed by atoms with Crippen LogP contribution in [0.5, 0.6) is 0 Å². The predicted octanol–water partition coefficient (Wildman–Crippen LogP) is 2.80. The van der Waals surface area contributed by atoms with E-state index in [2.05, 4.69) is 10.1 Å². The molecule has 0 N–H and O–H groups in total. The number of amides is 1. The fraction of sp³-hybridized carbons (Fsp3) is 0.533. The van der Waals surface area contributed by atoms with Gasteiger partial charge in [-0.05, 0) is 37.4 Å². The number of nitrogens with zero attached hydrogens (tertiary/aromatic N) is 3. The number of rotatable bonds is 3. The quantitative estimate of drug-likeness (QED) is 0.856. The predicted molar refractivity (Wildman–Crippen MR) is 79.2 cm³/mol. The SMILES string of the molecule is C[C@H]1OCCN(C(=O)c2ccoc2Cl)[C@@H]1c1nc(C2CC2)no1. The van der Waals surface area contributed by atoms with E-state index in [1.54, 1.807) is 11.0 Å². The number of aromatic nitrogens is 2. The van der Waals surface area contributed by atoms with Crippen LogP contribution in [0, 0.1) is 0 Å². The molecule has 7 nitrogen and oxygen atoms in total. The molecule has 23 heavy (non-hydrogen) atoms. The Morgan fingerprint density at radius 2 is 2.26 bits per heavy atom. The third kappa shape index (κ3) is 2.64. The molecule has 2 atom stereocenters. The first-order valence-corrected chi connectivity index (χ1v) is 8.02. The van der Waals surface area contributed by atoms with E-state index in [1.165, 1.54) is 6.26 Å². The van der Waals surface area contributed by atoms with Gasteiger partial charge in [-0.3, -0.25) is 4.79 Å². The molecule has 122 valence electrons. The van der Waals surface area contributed by atoms with E-state index in [0.29, 0.717) is 36.3 Å². The van der Waals surface area contributed by atoms with Crippen LogP contribution in [0.1, 0.15) is 53.8 Å². The molecule has 0 aromatic carbocycles. The second kappa shape index (κ2) is 5.65. The van der Waals surface area contributed by atoms with Crippen molar-refractivity contribution in [3.8, 4) is 0 Å². The minimum absolute atomic E-state index is 0.0806. The van der Waals surface area contributed by atoms with Gasteiger partial charge >= 0.3 is 0 Å². The molecule has 1 aliphatic heterocycles. The smallest absolute Gasteiger partial charge is 0.259 e. The second-order valence-corrected chi connectivity index (χ2v) is 6.24. The Balaban J connectivity index is 1.65. The fourth-order valence-electron chi connectivity index (χ4n) is 2.86. The van der Waals surface area contributed by atoms with Gasteiger partial charge in [-0.15, -0.1) is 0 Å². The van der Waals surface area contributed by atoms with Crippen LogP contribution < -0.4 is 0 Å². The average Bonchev–Trinajstić information content (AvgIpc) is 3.12. The van der Waals surface area contributed by atoms with Gasteiger partial charge in [0, 0.05) is 12.5 Å². The number of carbonyl (C=O) groups is 1. The van der Waals surface area contributed by atoms with Crippen LogP contribution in [0.4, 0.5) is 0 Å². The number of hydrogen-bond acceptors (Lipinski definition) is 6. The Hall–Kier alpha value is -1.86. The van der Waals surface area contributed by atoms with Gasteiger partial charge < -0.3 is 18.6 Å². The Kier molecular flexibility index (Phi) is 3.61. The molecule has 2 aliphatic rings. The summed E-state index contributed by atoms with van der Waals surface area (Å²) in [5.74, 6) is 1.29. The van der Waals surface area contributed by atoms with Crippen LogP contribution in [-0.2, 0) is 4.74 Å². The third-order valence-electron chi connectivity index (χ3n) is 4.26. The van der Waals surface area contributed by atoms with E-state index in [1.807, 2.05) is 6.92 Å². The fourth-order valence-corrected chi connectivity index (χ4v) is 3.05. The van der Waals surface area contributed by atoms with Gasteiger partial charge in [0.15, 0.2) is 5.82 Å². The molecule has 0 spiro atoms. The Bertz CT molecular complexity index is 724. The van der Waals surface area contributed by atoms with Crippen molar-refractivity contribution in [3.05, 3.63) is 34.8 Å². The van der Waals surface area contributed by atoms with Crippen LogP contribution in [0.2, 0.25) is 5.22 Å². The lowest BCUT2D eigenvalue weighted by Crippen LogP contribution is -2.47. The highest BCUT2D eigenvalue weighted by Crippen LogP contribution is 2.39. The van der Waals surface area contributed by atoms with Gasteiger partial charge in [-0.2, -0.15) is 4.98 Å². The lowest BCUT2D eigenvalue weighted by molar-refractivity contribution is -0.0600. The maximum absolute atomic E-state index is 12.8. The molecule has 8 heteroatoms. The zero-order chi connectivity index (χ0) is 16.0. The molecule has 1 aliphatic carbocycles. The van der Waals surface area contributed by atoms with Crippen molar-refractivity contribution in [2.45, 2.75) is 37.8 Å². The molecular formula is C15H16ClN3O4.